The monoisotopic (exact) mass is 401 g/mol. The van der Waals surface area contributed by atoms with Crippen LogP contribution in [0, 0.1) is 0 Å². The number of carbonyl (C=O) groups excluding carboxylic acids is 3. The van der Waals surface area contributed by atoms with Crippen LogP contribution in [-0.2, 0) is 22.6 Å². The van der Waals surface area contributed by atoms with Gasteiger partial charge in [-0.1, -0.05) is 35.9 Å². The Bertz CT molecular complexity index is 868. The standard InChI is InChI=1S/C20H20ClN3O4/c21-15-5-1-14(2-6-15)12-24-19(27)17(23-20(24)28)11-18(26)22-10-9-13-3-7-16(25)8-4-13/h1-8,17,25H,9-12H2,(H,22,26)(H,23,28). The van der Waals surface area contributed by atoms with Crippen LogP contribution in [0.3, 0.4) is 0 Å². The Morgan fingerprint density at radius 3 is 2.39 bits per heavy atom. The van der Waals surface area contributed by atoms with Gasteiger partial charge in [-0.05, 0) is 41.8 Å². The maximum atomic E-state index is 12.5. The topological polar surface area (TPSA) is 98.7 Å². The smallest absolute Gasteiger partial charge is 0.325 e. The maximum absolute atomic E-state index is 12.5. The van der Waals surface area contributed by atoms with Crippen LogP contribution in [0.25, 0.3) is 0 Å². The number of imide groups is 1. The molecular formula is C20H20ClN3O4. The first-order valence-electron chi connectivity index (χ1n) is 8.83. The Balaban J connectivity index is 1.48. The van der Waals surface area contributed by atoms with Gasteiger partial charge >= 0.3 is 6.03 Å². The molecule has 1 atom stereocenters. The number of nitrogens with zero attached hydrogens (tertiary/aromatic N) is 1. The minimum absolute atomic E-state index is 0.114. The lowest BCUT2D eigenvalue weighted by Gasteiger charge is -2.13. The number of hydrogen-bond acceptors (Lipinski definition) is 4. The zero-order valence-electron chi connectivity index (χ0n) is 15.0. The predicted molar refractivity (Wildman–Crippen MR) is 104 cm³/mol. The van der Waals surface area contributed by atoms with Crippen molar-refractivity contribution in [2.24, 2.45) is 0 Å². The Hall–Kier alpha value is -3.06. The molecule has 2 aromatic rings. The molecule has 28 heavy (non-hydrogen) atoms. The third kappa shape index (κ3) is 5.01. The number of benzene rings is 2. The molecule has 3 rings (SSSR count). The van der Waals surface area contributed by atoms with Gasteiger partial charge in [0.05, 0.1) is 13.0 Å². The second-order valence-electron chi connectivity index (χ2n) is 6.52. The van der Waals surface area contributed by atoms with Crippen molar-refractivity contribution in [3.05, 3.63) is 64.7 Å². The first kappa shape index (κ1) is 19.7. The summed E-state index contributed by atoms with van der Waals surface area (Å²) in [5.41, 5.74) is 1.74. The lowest BCUT2D eigenvalue weighted by Crippen LogP contribution is -2.37. The van der Waals surface area contributed by atoms with E-state index >= 15 is 0 Å². The highest BCUT2D eigenvalue weighted by Gasteiger charge is 2.38. The number of urea groups is 1. The van der Waals surface area contributed by atoms with Crippen molar-refractivity contribution in [1.82, 2.24) is 15.5 Å². The molecule has 0 aromatic heterocycles. The summed E-state index contributed by atoms with van der Waals surface area (Å²) in [7, 11) is 0. The number of carbonyl (C=O) groups is 3. The zero-order valence-corrected chi connectivity index (χ0v) is 15.8. The first-order chi connectivity index (χ1) is 13.4. The van der Waals surface area contributed by atoms with Crippen molar-refractivity contribution in [2.45, 2.75) is 25.4 Å². The summed E-state index contributed by atoms with van der Waals surface area (Å²) in [5.74, 6) is -0.550. The highest BCUT2D eigenvalue weighted by Crippen LogP contribution is 2.16. The number of phenols is 1. The number of aromatic hydroxyl groups is 1. The van der Waals surface area contributed by atoms with Crippen LogP contribution in [0.4, 0.5) is 4.79 Å². The van der Waals surface area contributed by atoms with E-state index in [0.717, 1.165) is 16.0 Å². The van der Waals surface area contributed by atoms with E-state index in [4.69, 9.17) is 11.6 Å². The van der Waals surface area contributed by atoms with Crippen molar-refractivity contribution < 1.29 is 19.5 Å². The molecule has 0 spiro atoms. The molecule has 8 heteroatoms. The molecule has 3 N–H and O–H groups in total. The molecule has 146 valence electrons. The number of nitrogens with one attached hydrogen (secondary N) is 2. The predicted octanol–water partition coefficient (Wildman–Crippen LogP) is 2.21. The van der Waals surface area contributed by atoms with Gasteiger partial charge in [0.15, 0.2) is 0 Å². The third-order valence-corrected chi connectivity index (χ3v) is 4.67. The summed E-state index contributed by atoms with van der Waals surface area (Å²) in [6.45, 7) is 0.522. The van der Waals surface area contributed by atoms with Gasteiger partial charge in [-0.3, -0.25) is 14.5 Å². The van der Waals surface area contributed by atoms with E-state index in [2.05, 4.69) is 10.6 Å². The SMILES string of the molecule is O=C(CC1NC(=O)N(Cc2ccc(Cl)cc2)C1=O)NCCc1ccc(O)cc1. The van der Waals surface area contributed by atoms with Gasteiger partial charge < -0.3 is 15.7 Å². The van der Waals surface area contributed by atoms with E-state index in [1.165, 1.54) is 0 Å². The lowest BCUT2D eigenvalue weighted by atomic mass is 10.1. The molecule has 0 aliphatic carbocycles. The van der Waals surface area contributed by atoms with Gasteiger partial charge in [0.1, 0.15) is 11.8 Å². The first-order valence-corrected chi connectivity index (χ1v) is 9.21. The fraction of sp³-hybridized carbons (Fsp3) is 0.250. The van der Waals surface area contributed by atoms with Crippen LogP contribution in [0.5, 0.6) is 5.75 Å². The lowest BCUT2D eigenvalue weighted by molar-refractivity contribution is -0.131. The molecule has 0 bridgehead atoms. The molecule has 1 aliphatic heterocycles. The van der Waals surface area contributed by atoms with Gasteiger partial charge in [0, 0.05) is 11.6 Å². The molecule has 1 saturated heterocycles. The summed E-state index contributed by atoms with van der Waals surface area (Å²) in [6, 6.07) is 12.2. The van der Waals surface area contributed by atoms with Crippen LogP contribution >= 0.6 is 11.6 Å². The number of halogens is 1. The second kappa shape index (κ2) is 8.75. The number of amides is 4. The Labute approximate surface area is 167 Å². The van der Waals surface area contributed by atoms with Gasteiger partial charge in [0.2, 0.25) is 5.91 Å². The average molecular weight is 402 g/mol. The molecule has 1 aliphatic rings. The molecule has 1 unspecified atom stereocenters. The molecule has 0 saturated carbocycles. The normalized spacial score (nSPS) is 16.2. The highest BCUT2D eigenvalue weighted by molar-refractivity contribution is 6.30. The summed E-state index contributed by atoms with van der Waals surface area (Å²) in [5, 5.41) is 15.1. The maximum Gasteiger partial charge on any atom is 0.325 e. The van der Waals surface area contributed by atoms with Gasteiger partial charge in [-0.2, -0.15) is 0 Å². The fourth-order valence-electron chi connectivity index (χ4n) is 2.90. The summed E-state index contributed by atoms with van der Waals surface area (Å²) < 4.78 is 0. The largest absolute Gasteiger partial charge is 0.508 e. The second-order valence-corrected chi connectivity index (χ2v) is 6.96. The molecule has 1 fully saturated rings. The Morgan fingerprint density at radius 1 is 1.07 bits per heavy atom. The Kier molecular flexibility index (Phi) is 6.16. The van der Waals surface area contributed by atoms with Crippen LogP contribution < -0.4 is 10.6 Å². The molecule has 7 nitrogen and oxygen atoms in total. The van der Waals surface area contributed by atoms with E-state index < -0.39 is 18.0 Å². The summed E-state index contributed by atoms with van der Waals surface area (Å²) >= 11 is 5.84. The quantitative estimate of drug-likeness (QED) is 0.619. The Morgan fingerprint density at radius 2 is 1.71 bits per heavy atom. The van der Waals surface area contributed by atoms with E-state index in [0.29, 0.717) is 18.0 Å². The van der Waals surface area contributed by atoms with Gasteiger partial charge in [-0.15, -0.1) is 0 Å². The van der Waals surface area contributed by atoms with Crippen LogP contribution in [0.2, 0.25) is 5.02 Å². The van der Waals surface area contributed by atoms with Crippen LogP contribution in [0.1, 0.15) is 17.5 Å². The number of phenolic OH excluding ortho intramolecular Hbond substituents is 1. The highest BCUT2D eigenvalue weighted by atomic mass is 35.5. The molecule has 4 amide bonds. The van der Waals surface area contributed by atoms with Gasteiger partial charge in [-0.25, -0.2) is 4.79 Å². The van der Waals surface area contributed by atoms with Crippen molar-refractivity contribution in [3.8, 4) is 5.75 Å². The van der Waals surface area contributed by atoms with E-state index in [9.17, 15) is 19.5 Å². The van der Waals surface area contributed by atoms with Crippen LogP contribution in [0.15, 0.2) is 48.5 Å². The average Bonchev–Trinajstić information content (AvgIpc) is 2.92. The fourth-order valence-corrected chi connectivity index (χ4v) is 3.03. The molecule has 1 heterocycles. The summed E-state index contributed by atoms with van der Waals surface area (Å²) in [6.07, 6.45) is 0.483. The van der Waals surface area contributed by atoms with E-state index in [1.54, 1.807) is 48.5 Å². The van der Waals surface area contributed by atoms with Crippen molar-refractivity contribution in [2.75, 3.05) is 6.54 Å². The van der Waals surface area contributed by atoms with E-state index in [1.807, 2.05) is 0 Å². The minimum atomic E-state index is -0.867. The van der Waals surface area contributed by atoms with E-state index in [-0.39, 0.29) is 24.6 Å². The summed E-state index contributed by atoms with van der Waals surface area (Å²) in [4.78, 5) is 37.8. The number of hydrogen-bond donors (Lipinski definition) is 3. The zero-order chi connectivity index (χ0) is 20.1. The third-order valence-electron chi connectivity index (χ3n) is 4.42. The van der Waals surface area contributed by atoms with Crippen molar-refractivity contribution in [1.29, 1.82) is 0 Å². The molecular weight excluding hydrogens is 382 g/mol. The molecule has 0 radical (unpaired) electrons. The molecule has 2 aromatic carbocycles. The number of rotatable bonds is 7. The van der Waals surface area contributed by atoms with Gasteiger partial charge in [0.25, 0.3) is 5.91 Å². The van der Waals surface area contributed by atoms with Crippen LogP contribution in [-0.4, -0.2) is 40.4 Å². The van der Waals surface area contributed by atoms with Crippen molar-refractivity contribution in [3.63, 3.8) is 0 Å². The minimum Gasteiger partial charge on any atom is -0.508 e. The van der Waals surface area contributed by atoms with Crippen molar-refractivity contribution >= 4 is 29.4 Å².